The van der Waals surface area contributed by atoms with E-state index in [9.17, 15) is 0 Å². The number of benzene rings is 2. The van der Waals surface area contributed by atoms with Crippen LogP contribution in [0, 0.1) is 6.92 Å². The van der Waals surface area contributed by atoms with Gasteiger partial charge in [0.1, 0.15) is 12.4 Å². The molecule has 19 heavy (non-hydrogen) atoms. The van der Waals surface area contributed by atoms with Gasteiger partial charge in [0, 0.05) is 6.54 Å². The van der Waals surface area contributed by atoms with Gasteiger partial charge in [0.05, 0.1) is 0 Å². The van der Waals surface area contributed by atoms with Crippen LogP contribution in [0.5, 0.6) is 5.75 Å². The Kier molecular flexibility index (Phi) is 4.58. The predicted molar refractivity (Wildman–Crippen MR) is 80.7 cm³/mol. The van der Waals surface area contributed by atoms with Gasteiger partial charge in [-0.25, -0.2) is 0 Å². The first-order chi connectivity index (χ1) is 9.15. The lowest BCUT2D eigenvalue weighted by molar-refractivity contribution is 0.261. The second-order valence-electron chi connectivity index (χ2n) is 5.05. The van der Waals surface area contributed by atoms with E-state index in [1.54, 1.807) is 0 Å². The van der Waals surface area contributed by atoms with E-state index in [0.29, 0.717) is 0 Å². The Labute approximate surface area is 115 Å². The minimum Gasteiger partial charge on any atom is -0.492 e. The molecule has 0 unspecified atom stereocenters. The molecule has 0 aromatic heterocycles. The second kappa shape index (κ2) is 6.39. The Morgan fingerprint density at radius 3 is 2.32 bits per heavy atom. The fourth-order valence-corrected chi connectivity index (χ4v) is 1.91. The molecule has 0 amide bonds. The van der Waals surface area contributed by atoms with Gasteiger partial charge < -0.3 is 9.64 Å². The van der Waals surface area contributed by atoms with Gasteiger partial charge in [-0.3, -0.25) is 0 Å². The van der Waals surface area contributed by atoms with Gasteiger partial charge in [0.25, 0.3) is 0 Å². The van der Waals surface area contributed by atoms with Crippen molar-refractivity contribution in [1.29, 1.82) is 0 Å². The molecule has 0 atom stereocenters. The third-order valence-electron chi connectivity index (χ3n) is 3.01. The Morgan fingerprint density at radius 1 is 0.947 bits per heavy atom. The standard InChI is InChI=1S/C17H21NO/c1-14-5-4-6-16(13-14)15-7-9-17(10-8-15)19-12-11-18(2)3/h4-10,13H,11-12H2,1-3H3. The highest BCUT2D eigenvalue weighted by Gasteiger charge is 1.99. The van der Waals surface area contributed by atoms with Gasteiger partial charge in [-0.05, 0) is 44.3 Å². The first kappa shape index (κ1) is 13.6. The number of ether oxygens (including phenoxy) is 1. The zero-order valence-electron chi connectivity index (χ0n) is 11.9. The number of nitrogens with zero attached hydrogens (tertiary/aromatic N) is 1. The topological polar surface area (TPSA) is 12.5 Å². The molecule has 0 bridgehead atoms. The summed E-state index contributed by atoms with van der Waals surface area (Å²) in [6, 6.07) is 16.8. The molecule has 0 fully saturated rings. The van der Waals surface area contributed by atoms with Crippen LogP contribution in [0.2, 0.25) is 0 Å². The Balaban J connectivity index is 2.02. The van der Waals surface area contributed by atoms with Gasteiger partial charge in [0.15, 0.2) is 0 Å². The molecule has 0 spiro atoms. The highest BCUT2D eigenvalue weighted by atomic mass is 16.5. The van der Waals surface area contributed by atoms with Crippen LogP contribution >= 0.6 is 0 Å². The zero-order chi connectivity index (χ0) is 13.7. The number of likely N-dealkylation sites (N-methyl/N-ethyl adjacent to an activating group) is 1. The van der Waals surface area contributed by atoms with E-state index in [1.165, 1.54) is 16.7 Å². The maximum absolute atomic E-state index is 5.69. The van der Waals surface area contributed by atoms with Gasteiger partial charge in [0.2, 0.25) is 0 Å². The monoisotopic (exact) mass is 255 g/mol. The predicted octanol–water partition coefficient (Wildman–Crippen LogP) is 3.60. The lowest BCUT2D eigenvalue weighted by Crippen LogP contribution is -2.19. The van der Waals surface area contributed by atoms with Gasteiger partial charge in [-0.2, -0.15) is 0 Å². The van der Waals surface area contributed by atoms with Crippen molar-refractivity contribution in [2.45, 2.75) is 6.92 Å². The minimum absolute atomic E-state index is 0.719. The molecule has 2 nitrogen and oxygen atoms in total. The molecule has 0 aliphatic carbocycles. The van der Waals surface area contributed by atoms with Crippen molar-refractivity contribution in [1.82, 2.24) is 4.90 Å². The highest BCUT2D eigenvalue weighted by molar-refractivity contribution is 5.64. The normalized spacial score (nSPS) is 10.7. The van der Waals surface area contributed by atoms with E-state index in [2.05, 4.69) is 48.2 Å². The molecule has 0 N–H and O–H groups in total. The van der Waals surface area contributed by atoms with Gasteiger partial charge in [-0.15, -0.1) is 0 Å². The third-order valence-corrected chi connectivity index (χ3v) is 3.01. The Morgan fingerprint density at radius 2 is 1.68 bits per heavy atom. The minimum atomic E-state index is 0.719. The van der Waals surface area contributed by atoms with Crippen LogP contribution in [-0.2, 0) is 0 Å². The molecule has 2 aromatic rings. The molecule has 0 aliphatic rings. The summed E-state index contributed by atoms with van der Waals surface area (Å²) in [5, 5.41) is 0. The maximum atomic E-state index is 5.69. The summed E-state index contributed by atoms with van der Waals surface area (Å²) in [4.78, 5) is 2.11. The zero-order valence-corrected chi connectivity index (χ0v) is 11.9. The average Bonchev–Trinajstić information content (AvgIpc) is 2.39. The fourth-order valence-electron chi connectivity index (χ4n) is 1.91. The van der Waals surface area contributed by atoms with Crippen molar-refractivity contribution in [3.63, 3.8) is 0 Å². The summed E-state index contributed by atoms with van der Waals surface area (Å²) in [5.41, 5.74) is 3.76. The van der Waals surface area contributed by atoms with E-state index < -0.39 is 0 Å². The van der Waals surface area contributed by atoms with E-state index in [0.717, 1.165) is 18.9 Å². The van der Waals surface area contributed by atoms with Crippen LogP contribution in [-0.4, -0.2) is 32.1 Å². The van der Waals surface area contributed by atoms with E-state index in [1.807, 2.05) is 26.2 Å². The number of hydrogen-bond donors (Lipinski definition) is 0. The van der Waals surface area contributed by atoms with E-state index in [-0.39, 0.29) is 0 Å². The van der Waals surface area contributed by atoms with E-state index >= 15 is 0 Å². The van der Waals surface area contributed by atoms with Crippen LogP contribution < -0.4 is 4.74 Å². The molecule has 2 aromatic carbocycles. The van der Waals surface area contributed by atoms with Gasteiger partial charge >= 0.3 is 0 Å². The highest BCUT2D eigenvalue weighted by Crippen LogP contribution is 2.23. The number of aryl methyl sites for hydroxylation is 1. The maximum Gasteiger partial charge on any atom is 0.119 e. The van der Waals surface area contributed by atoms with Crippen LogP contribution in [0.1, 0.15) is 5.56 Å². The summed E-state index contributed by atoms with van der Waals surface area (Å²) < 4.78 is 5.69. The molecular weight excluding hydrogens is 234 g/mol. The Hall–Kier alpha value is -1.80. The van der Waals surface area contributed by atoms with Crippen molar-refractivity contribution >= 4 is 0 Å². The first-order valence-electron chi connectivity index (χ1n) is 6.60. The van der Waals surface area contributed by atoms with E-state index in [4.69, 9.17) is 4.74 Å². The number of hydrogen-bond acceptors (Lipinski definition) is 2. The van der Waals surface area contributed by atoms with Crippen molar-refractivity contribution in [2.24, 2.45) is 0 Å². The largest absolute Gasteiger partial charge is 0.492 e. The molecule has 0 saturated carbocycles. The second-order valence-corrected chi connectivity index (χ2v) is 5.05. The first-order valence-corrected chi connectivity index (χ1v) is 6.60. The quantitative estimate of drug-likeness (QED) is 0.809. The fraction of sp³-hybridized carbons (Fsp3) is 0.294. The summed E-state index contributed by atoms with van der Waals surface area (Å²) in [7, 11) is 4.09. The summed E-state index contributed by atoms with van der Waals surface area (Å²) in [6.07, 6.45) is 0. The molecule has 0 aliphatic heterocycles. The van der Waals surface area contributed by atoms with Crippen molar-refractivity contribution < 1.29 is 4.74 Å². The lowest BCUT2D eigenvalue weighted by atomic mass is 10.0. The number of rotatable bonds is 5. The molecular formula is C17H21NO. The molecule has 2 heteroatoms. The van der Waals surface area contributed by atoms with Crippen molar-refractivity contribution in [3.8, 4) is 16.9 Å². The van der Waals surface area contributed by atoms with Crippen LogP contribution in [0.4, 0.5) is 0 Å². The van der Waals surface area contributed by atoms with Crippen LogP contribution in [0.3, 0.4) is 0 Å². The SMILES string of the molecule is Cc1cccc(-c2ccc(OCCN(C)C)cc2)c1. The van der Waals surface area contributed by atoms with Crippen molar-refractivity contribution in [3.05, 3.63) is 54.1 Å². The molecule has 100 valence electrons. The van der Waals surface area contributed by atoms with Crippen LogP contribution in [0.25, 0.3) is 11.1 Å². The van der Waals surface area contributed by atoms with Crippen molar-refractivity contribution in [2.75, 3.05) is 27.2 Å². The molecule has 0 radical (unpaired) electrons. The smallest absolute Gasteiger partial charge is 0.119 e. The lowest BCUT2D eigenvalue weighted by Gasteiger charge is -2.11. The van der Waals surface area contributed by atoms with Crippen LogP contribution in [0.15, 0.2) is 48.5 Å². The van der Waals surface area contributed by atoms with Gasteiger partial charge in [-0.1, -0.05) is 42.0 Å². The summed E-state index contributed by atoms with van der Waals surface area (Å²) >= 11 is 0. The average molecular weight is 255 g/mol. The third kappa shape index (κ3) is 4.11. The Bertz CT molecular complexity index is 517. The summed E-state index contributed by atoms with van der Waals surface area (Å²) in [5.74, 6) is 0.929. The molecule has 0 saturated heterocycles. The molecule has 2 rings (SSSR count). The summed E-state index contributed by atoms with van der Waals surface area (Å²) in [6.45, 7) is 3.76. The molecule has 0 heterocycles.